The molecule has 2 rings (SSSR count). The minimum atomic E-state index is 0. The second-order valence-corrected chi connectivity index (χ2v) is 4.65. The smallest absolute Gasteiger partial charge is 0.218 e. The van der Waals surface area contributed by atoms with Crippen LogP contribution >= 0.6 is 12.4 Å². The van der Waals surface area contributed by atoms with E-state index in [1.807, 2.05) is 61.5 Å². The third-order valence-electron chi connectivity index (χ3n) is 2.83. The zero-order chi connectivity index (χ0) is 15.1. The normalized spacial score (nSPS) is 11.7. The molecule has 0 spiro atoms. The van der Waals surface area contributed by atoms with Crippen molar-refractivity contribution in [2.45, 2.75) is 13.5 Å². The molecule has 2 aromatic carbocycles. The molecule has 0 fully saturated rings. The highest BCUT2D eigenvalue weighted by Gasteiger charge is 1.96. The average Bonchev–Trinajstić information content (AvgIpc) is 2.48. The second kappa shape index (κ2) is 8.69. The Hall–Kier alpha value is -2.53. The van der Waals surface area contributed by atoms with Crippen LogP contribution in [0.15, 0.2) is 64.6 Å². The molecule has 0 aliphatic rings. The zero-order valence-electron chi connectivity index (χ0n) is 12.4. The Balaban J connectivity index is 0.00000242. The predicted molar refractivity (Wildman–Crippen MR) is 95.4 cm³/mol. The molecule has 0 saturated carbocycles. The van der Waals surface area contributed by atoms with Crippen molar-refractivity contribution in [1.29, 1.82) is 0 Å². The van der Waals surface area contributed by atoms with Crippen LogP contribution in [0.4, 0.5) is 5.69 Å². The summed E-state index contributed by atoms with van der Waals surface area (Å²) in [6.45, 7) is 2.50. The molecule has 0 aliphatic carbocycles. The lowest BCUT2D eigenvalue weighted by atomic mass is 10.2. The van der Waals surface area contributed by atoms with Gasteiger partial charge in [0.05, 0.1) is 6.54 Å². The molecule has 5 nitrogen and oxygen atoms in total. The molecule has 0 heterocycles. The van der Waals surface area contributed by atoms with Crippen molar-refractivity contribution >= 4 is 30.0 Å². The van der Waals surface area contributed by atoms with Crippen molar-refractivity contribution in [1.82, 2.24) is 0 Å². The van der Waals surface area contributed by atoms with Gasteiger partial charge in [0.25, 0.3) is 0 Å². The average molecular weight is 318 g/mol. The number of halogens is 1. The fraction of sp³-hybridized carbons (Fsp3) is 0.125. The highest BCUT2D eigenvalue weighted by atomic mass is 35.5. The van der Waals surface area contributed by atoms with E-state index < -0.39 is 0 Å². The van der Waals surface area contributed by atoms with Crippen LogP contribution in [-0.4, -0.2) is 11.9 Å². The van der Waals surface area contributed by atoms with Gasteiger partial charge in [-0.05, 0) is 24.6 Å². The summed E-state index contributed by atoms with van der Waals surface area (Å²) in [4.78, 5) is 8.20. The maximum Gasteiger partial charge on any atom is 0.218 e. The van der Waals surface area contributed by atoms with E-state index in [1.165, 1.54) is 5.56 Å². The number of guanidine groups is 2. The standard InChI is InChI=1S/C16H19N5.ClH/c1-12-7-9-14(10-8-12)20-16(18)21-15(17)19-11-13-5-3-2-4-6-13;/h2-10H,11H2,1H3,(H5,17,18,19,20,21);1H. The van der Waals surface area contributed by atoms with Crippen molar-refractivity contribution < 1.29 is 0 Å². The quantitative estimate of drug-likeness (QED) is 0.600. The number of aliphatic imine (C=N–C) groups is 2. The Labute approximate surface area is 136 Å². The minimum absolute atomic E-state index is 0. The van der Waals surface area contributed by atoms with Gasteiger partial charge < -0.3 is 16.8 Å². The molecule has 0 aromatic heterocycles. The highest BCUT2D eigenvalue weighted by molar-refractivity contribution is 6.00. The lowest BCUT2D eigenvalue weighted by Gasteiger charge is -2.05. The van der Waals surface area contributed by atoms with E-state index >= 15 is 0 Å². The van der Waals surface area contributed by atoms with Crippen LogP contribution in [0.5, 0.6) is 0 Å². The van der Waals surface area contributed by atoms with E-state index in [-0.39, 0.29) is 24.3 Å². The molecular weight excluding hydrogens is 298 g/mol. The Kier molecular flexibility index (Phi) is 6.92. The minimum Gasteiger partial charge on any atom is -0.369 e. The van der Waals surface area contributed by atoms with E-state index in [0.29, 0.717) is 6.54 Å². The van der Waals surface area contributed by atoms with Gasteiger partial charge in [-0.3, -0.25) is 0 Å². The Morgan fingerprint density at radius 2 is 1.64 bits per heavy atom. The molecule has 0 amide bonds. The maximum atomic E-state index is 5.79. The van der Waals surface area contributed by atoms with Crippen LogP contribution < -0.4 is 16.8 Å². The van der Waals surface area contributed by atoms with Crippen LogP contribution in [0.2, 0.25) is 0 Å². The van der Waals surface area contributed by atoms with Gasteiger partial charge in [-0.25, -0.2) is 4.99 Å². The summed E-state index contributed by atoms with van der Waals surface area (Å²) >= 11 is 0. The number of nitrogens with one attached hydrogen (secondary N) is 1. The molecular formula is C16H20ClN5. The molecule has 0 aliphatic heterocycles. The number of hydrogen-bond acceptors (Lipinski definition) is 1. The van der Waals surface area contributed by atoms with Gasteiger partial charge in [0.1, 0.15) is 0 Å². The Bertz CT molecular complexity index is 635. The van der Waals surface area contributed by atoms with Crippen molar-refractivity contribution in [3.63, 3.8) is 0 Å². The topological polar surface area (TPSA) is 88.8 Å². The van der Waals surface area contributed by atoms with Crippen molar-refractivity contribution in [3.05, 3.63) is 65.7 Å². The lowest BCUT2D eigenvalue weighted by molar-refractivity contribution is 1.05. The molecule has 5 N–H and O–H groups in total. The summed E-state index contributed by atoms with van der Waals surface area (Å²) in [5.74, 6) is 0.365. The van der Waals surface area contributed by atoms with Crippen LogP contribution in [-0.2, 0) is 6.54 Å². The molecule has 0 atom stereocenters. The lowest BCUT2D eigenvalue weighted by Crippen LogP contribution is -2.26. The van der Waals surface area contributed by atoms with E-state index in [2.05, 4.69) is 15.3 Å². The number of anilines is 1. The number of rotatable bonds is 3. The largest absolute Gasteiger partial charge is 0.369 e. The molecule has 0 bridgehead atoms. The van der Waals surface area contributed by atoms with E-state index in [9.17, 15) is 0 Å². The summed E-state index contributed by atoms with van der Waals surface area (Å²) in [6, 6.07) is 17.7. The first-order valence-electron chi connectivity index (χ1n) is 6.65. The fourth-order valence-corrected chi connectivity index (χ4v) is 1.73. The summed E-state index contributed by atoms with van der Waals surface area (Å²) in [7, 11) is 0. The fourth-order valence-electron chi connectivity index (χ4n) is 1.73. The molecule has 0 radical (unpaired) electrons. The van der Waals surface area contributed by atoms with Crippen molar-refractivity contribution in [2.75, 3.05) is 5.32 Å². The van der Waals surface area contributed by atoms with Crippen LogP contribution in [0.3, 0.4) is 0 Å². The van der Waals surface area contributed by atoms with Gasteiger partial charge in [-0.1, -0.05) is 48.0 Å². The van der Waals surface area contributed by atoms with Gasteiger partial charge >= 0.3 is 0 Å². The molecule has 22 heavy (non-hydrogen) atoms. The molecule has 6 heteroatoms. The third kappa shape index (κ3) is 5.85. The summed E-state index contributed by atoms with van der Waals surface area (Å²) in [5.41, 5.74) is 14.6. The Morgan fingerprint density at radius 1 is 1.00 bits per heavy atom. The summed E-state index contributed by atoms with van der Waals surface area (Å²) in [6.07, 6.45) is 0. The number of nitrogens with zero attached hydrogens (tertiary/aromatic N) is 2. The first-order chi connectivity index (χ1) is 10.1. The predicted octanol–water partition coefficient (Wildman–Crippen LogP) is 2.66. The van der Waals surface area contributed by atoms with Crippen LogP contribution in [0.1, 0.15) is 11.1 Å². The van der Waals surface area contributed by atoms with E-state index in [1.54, 1.807) is 0 Å². The number of benzene rings is 2. The van der Waals surface area contributed by atoms with Crippen LogP contribution in [0.25, 0.3) is 0 Å². The number of hydrogen-bond donors (Lipinski definition) is 3. The highest BCUT2D eigenvalue weighted by Crippen LogP contribution is 2.07. The zero-order valence-corrected chi connectivity index (χ0v) is 13.2. The molecule has 116 valence electrons. The summed E-state index contributed by atoms with van der Waals surface area (Å²) < 4.78 is 0. The molecule has 0 unspecified atom stereocenters. The van der Waals surface area contributed by atoms with Gasteiger partial charge in [0.2, 0.25) is 11.9 Å². The SMILES string of the molecule is Cc1ccc(N/C(N)=N/C(N)=NCc2ccccc2)cc1.Cl. The Morgan fingerprint density at radius 3 is 2.27 bits per heavy atom. The maximum absolute atomic E-state index is 5.79. The number of aryl methyl sites for hydroxylation is 1. The van der Waals surface area contributed by atoms with Gasteiger partial charge in [-0.15, -0.1) is 12.4 Å². The van der Waals surface area contributed by atoms with Gasteiger partial charge in [0, 0.05) is 5.69 Å². The van der Waals surface area contributed by atoms with E-state index in [0.717, 1.165) is 11.3 Å². The monoisotopic (exact) mass is 317 g/mol. The first kappa shape index (κ1) is 17.5. The van der Waals surface area contributed by atoms with E-state index in [4.69, 9.17) is 11.5 Å². The van der Waals surface area contributed by atoms with Gasteiger partial charge in [0.15, 0.2) is 0 Å². The van der Waals surface area contributed by atoms with Crippen molar-refractivity contribution in [3.8, 4) is 0 Å². The summed E-state index contributed by atoms with van der Waals surface area (Å²) in [5, 5.41) is 2.97. The molecule has 0 saturated heterocycles. The second-order valence-electron chi connectivity index (χ2n) is 4.65. The van der Waals surface area contributed by atoms with Crippen molar-refractivity contribution in [2.24, 2.45) is 21.5 Å². The number of nitrogens with two attached hydrogens (primary N) is 2. The van der Waals surface area contributed by atoms with Gasteiger partial charge in [-0.2, -0.15) is 4.99 Å². The van der Waals surface area contributed by atoms with Crippen LogP contribution in [0, 0.1) is 6.92 Å². The first-order valence-corrected chi connectivity index (χ1v) is 6.65. The third-order valence-corrected chi connectivity index (χ3v) is 2.83. The molecule has 2 aromatic rings.